The second-order valence-electron chi connectivity index (χ2n) is 6.47. The molecule has 1 fully saturated rings. The highest BCUT2D eigenvalue weighted by atomic mass is 32.2. The minimum Gasteiger partial charge on any atom is -0.301 e. The molecule has 2 aromatic carbocycles. The van der Waals surface area contributed by atoms with Gasteiger partial charge in [0.05, 0.1) is 10.6 Å². The number of nitrogens with zero attached hydrogens (tertiary/aromatic N) is 2. The Hall–Kier alpha value is -3.11. The zero-order valence-corrected chi connectivity index (χ0v) is 17.3. The number of carbonyl (C=O) groups excluding carboxylic acids is 2. The van der Waals surface area contributed by atoms with Gasteiger partial charge in [-0.2, -0.15) is 13.5 Å². The molecule has 0 saturated carbocycles. The molecule has 1 saturated heterocycles. The molecule has 0 bridgehead atoms. The molecule has 1 aliphatic rings. The van der Waals surface area contributed by atoms with E-state index in [4.69, 9.17) is 12.2 Å². The van der Waals surface area contributed by atoms with E-state index in [0.717, 1.165) is 17.3 Å². The fourth-order valence-corrected chi connectivity index (χ4v) is 3.70. The molecule has 10 heteroatoms. The third-order valence-electron chi connectivity index (χ3n) is 4.22. The average molecular weight is 431 g/mol. The maximum Gasteiger partial charge on any atom is 0.276 e. The van der Waals surface area contributed by atoms with Crippen molar-refractivity contribution >= 4 is 51.1 Å². The highest BCUT2D eigenvalue weighted by Crippen LogP contribution is 2.21. The Morgan fingerprint density at radius 2 is 1.59 bits per heavy atom. The number of sulfonamides is 1. The minimum atomic E-state index is -3.92. The third-order valence-corrected chi connectivity index (χ3v) is 5.75. The molecule has 1 atom stereocenters. The maximum absolute atomic E-state index is 12.8. The standard InChI is InChI=1S/C19H18N4O4S2/c1-12-3-7-14(8-4-12)23-18(25)16(17(24)21-19(23)28)11-20-22-29(26,27)15-9-5-13(2)6-10-15/h3-11,16,22H,1-2H3,(H,21,24,28)/b20-11+/t16-/m0/s1. The van der Waals surface area contributed by atoms with E-state index >= 15 is 0 Å². The lowest BCUT2D eigenvalue weighted by Crippen LogP contribution is -2.58. The van der Waals surface area contributed by atoms with Crippen molar-refractivity contribution in [1.29, 1.82) is 0 Å². The number of thiocarbonyl (C=S) groups is 1. The zero-order chi connectivity index (χ0) is 21.2. The third kappa shape index (κ3) is 4.49. The minimum absolute atomic E-state index is 0.0159. The van der Waals surface area contributed by atoms with Gasteiger partial charge in [-0.3, -0.25) is 14.5 Å². The van der Waals surface area contributed by atoms with Gasteiger partial charge in [-0.1, -0.05) is 35.4 Å². The summed E-state index contributed by atoms with van der Waals surface area (Å²) in [5, 5.41) is 6.01. The first-order chi connectivity index (χ1) is 13.7. The number of aryl methyl sites for hydroxylation is 2. The van der Waals surface area contributed by atoms with Gasteiger partial charge >= 0.3 is 0 Å². The average Bonchev–Trinajstić information content (AvgIpc) is 2.66. The summed E-state index contributed by atoms with van der Waals surface area (Å²) in [6, 6.07) is 13.2. The molecule has 29 heavy (non-hydrogen) atoms. The van der Waals surface area contributed by atoms with Crippen molar-refractivity contribution in [3.8, 4) is 0 Å². The monoisotopic (exact) mass is 430 g/mol. The molecule has 2 N–H and O–H groups in total. The molecule has 2 aromatic rings. The van der Waals surface area contributed by atoms with E-state index in [1.807, 2.05) is 18.7 Å². The van der Waals surface area contributed by atoms with Crippen molar-refractivity contribution in [3.63, 3.8) is 0 Å². The van der Waals surface area contributed by atoms with Crippen molar-refractivity contribution in [1.82, 2.24) is 10.1 Å². The lowest BCUT2D eigenvalue weighted by atomic mass is 10.1. The van der Waals surface area contributed by atoms with E-state index in [2.05, 4.69) is 10.4 Å². The zero-order valence-electron chi connectivity index (χ0n) is 15.6. The number of amides is 2. The van der Waals surface area contributed by atoms with Crippen molar-refractivity contribution in [2.75, 3.05) is 4.90 Å². The van der Waals surface area contributed by atoms with Gasteiger partial charge in [-0.25, -0.2) is 4.83 Å². The van der Waals surface area contributed by atoms with Crippen LogP contribution in [-0.4, -0.2) is 31.6 Å². The Labute approximate surface area is 173 Å². The van der Waals surface area contributed by atoms with E-state index < -0.39 is 27.8 Å². The first-order valence-corrected chi connectivity index (χ1v) is 10.5. The van der Waals surface area contributed by atoms with Crippen molar-refractivity contribution in [2.24, 2.45) is 11.0 Å². The number of hydrogen-bond donors (Lipinski definition) is 2. The second kappa shape index (κ2) is 8.10. The van der Waals surface area contributed by atoms with Crippen LogP contribution in [0.15, 0.2) is 58.5 Å². The van der Waals surface area contributed by atoms with Gasteiger partial charge < -0.3 is 5.32 Å². The van der Waals surface area contributed by atoms with Gasteiger partial charge in [0.15, 0.2) is 11.0 Å². The van der Waals surface area contributed by atoms with Gasteiger partial charge in [-0.05, 0) is 50.3 Å². The van der Waals surface area contributed by atoms with Crippen LogP contribution in [0.3, 0.4) is 0 Å². The molecule has 0 aromatic heterocycles. The molecule has 0 unspecified atom stereocenters. The SMILES string of the molecule is Cc1ccc(N2C(=O)[C@@H](/C=N/NS(=O)(=O)c3ccc(C)cc3)C(=O)NC2=S)cc1. The number of hydrazone groups is 1. The molecule has 0 aliphatic carbocycles. The second-order valence-corrected chi connectivity index (χ2v) is 8.51. The Bertz CT molecular complexity index is 1090. The fourth-order valence-electron chi connectivity index (χ4n) is 2.60. The number of nitrogens with one attached hydrogen (secondary N) is 2. The molecular formula is C19H18N4O4S2. The highest BCUT2D eigenvalue weighted by Gasteiger charge is 2.38. The lowest BCUT2D eigenvalue weighted by molar-refractivity contribution is -0.130. The van der Waals surface area contributed by atoms with E-state index in [-0.39, 0.29) is 10.0 Å². The van der Waals surface area contributed by atoms with E-state index in [9.17, 15) is 18.0 Å². The van der Waals surface area contributed by atoms with Crippen LogP contribution in [0.2, 0.25) is 0 Å². The maximum atomic E-state index is 12.8. The van der Waals surface area contributed by atoms with Crippen LogP contribution < -0.4 is 15.0 Å². The first kappa shape index (κ1) is 20.6. The fraction of sp³-hybridized carbons (Fsp3) is 0.158. The predicted molar refractivity (Wildman–Crippen MR) is 113 cm³/mol. The molecule has 3 rings (SSSR count). The Morgan fingerprint density at radius 3 is 2.17 bits per heavy atom. The molecule has 1 aliphatic heterocycles. The summed E-state index contributed by atoms with van der Waals surface area (Å²) in [4.78, 5) is 28.2. The summed E-state index contributed by atoms with van der Waals surface area (Å²) >= 11 is 5.11. The smallest absolute Gasteiger partial charge is 0.276 e. The van der Waals surface area contributed by atoms with Crippen molar-refractivity contribution in [3.05, 3.63) is 59.7 Å². The van der Waals surface area contributed by atoms with Gasteiger partial charge in [0.1, 0.15) is 0 Å². The topological polar surface area (TPSA) is 108 Å². The first-order valence-electron chi connectivity index (χ1n) is 8.56. The van der Waals surface area contributed by atoms with Crippen LogP contribution in [0, 0.1) is 19.8 Å². The summed E-state index contributed by atoms with van der Waals surface area (Å²) in [6.07, 6.45) is 0.951. The van der Waals surface area contributed by atoms with Crippen LogP contribution in [0.5, 0.6) is 0 Å². The van der Waals surface area contributed by atoms with Gasteiger partial charge in [0.25, 0.3) is 15.9 Å². The summed E-state index contributed by atoms with van der Waals surface area (Å²) < 4.78 is 24.6. The molecule has 1 heterocycles. The molecule has 150 valence electrons. The number of benzene rings is 2. The molecule has 0 radical (unpaired) electrons. The summed E-state index contributed by atoms with van der Waals surface area (Å²) in [5.74, 6) is -2.63. The normalized spacial score (nSPS) is 17.5. The van der Waals surface area contributed by atoms with Gasteiger partial charge in [0, 0.05) is 6.21 Å². The Balaban J connectivity index is 1.79. The van der Waals surface area contributed by atoms with Crippen LogP contribution in [-0.2, 0) is 19.6 Å². The summed E-state index contributed by atoms with van der Waals surface area (Å²) in [5.41, 5.74) is 2.39. The van der Waals surface area contributed by atoms with Gasteiger partial charge in [0.2, 0.25) is 5.91 Å². The largest absolute Gasteiger partial charge is 0.301 e. The van der Waals surface area contributed by atoms with Crippen molar-refractivity contribution in [2.45, 2.75) is 18.7 Å². The van der Waals surface area contributed by atoms with Crippen LogP contribution in [0.1, 0.15) is 11.1 Å². The Kier molecular flexibility index (Phi) is 5.76. The highest BCUT2D eigenvalue weighted by molar-refractivity contribution is 7.89. The van der Waals surface area contributed by atoms with Crippen LogP contribution in [0.25, 0.3) is 0 Å². The van der Waals surface area contributed by atoms with Crippen molar-refractivity contribution < 1.29 is 18.0 Å². The number of carbonyl (C=O) groups is 2. The van der Waals surface area contributed by atoms with Crippen LogP contribution >= 0.6 is 12.2 Å². The summed E-state index contributed by atoms with van der Waals surface area (Å²) in [6.45, 7) is 3.73. The quantitative estimate of drug-likeness (QED) is 0.324. The number of hydrogen-bond acceptors (Lipinski definition) is 6. The number of rotatable bonds is 5. The van der Waals surface area contributed by atoms with Gasteiger partial charge in [-0.15, -0.1) is 0 Å². The van der Waals surface area contributed by atoms with E-state index in [1.165, 1.54) is 17.0 Å². The summed E-state index contributed by atoms with van der Waals surface area (Å²) in [7, 11) is -3.92. The molecule has 0 spiro atoms. The van der Waals surface area contributed by atoms with E-state index in [0.29, 0.717) is 5.69 Å². The predicted octanol–water partition coefficient (Wildman–Crippen LogP) is 1.63. The Morgan fingerprint density at radius 1 is 1.03 bits per heavy atom. The lowest BCUT2D eigenvalue weighted by Gasteiger charge is -2.30. The molecule has 8 nitrogen and oxygen atoms in total. The number of anilines is 1. The molecule has 2 amide bonds. The van der Waals surface area contributed by atoms with Crippen LogP contribution in [0.4, 0.5) is 5.69 Å². The molecular weight excluding hydrogens is 412 g/mol. The van der Waals surface area contributed by atoms with E-state index in [1.54, 1.807) is 36.4 Å².